The average Bonchev–Trinajstić information content (AvgIpc) is 2.77. The van der Waals surface area contributed by atoms with Crippen molar-refractivity contribution in [2.45, 2.75) is 13.5 Å². The number of carbonyl (C=O) groups is 1. The van der Waals surface area contributed by atoms with Crippen LogP contribution >= 0.6 is 23.8 Å². The molecule has 1 aliphatic heterocycles. The molecule has 0 spiro atoms. The molecule has 1 N–H and O–H groups in total. The van der Waals surface area contributed by atoms with Gasteiger partial charge in [0.05, 0.1) is 5.02 Å². The lowest BCUT2D eigenvalue weighted by atomic mass is 10.3. The van der Waals surface area contributed by atoms with Gasteiger partial charge in [-0.15, -0.1) is 0 Å². The molecule has 0 aliphatic carbocycles. The number of nitrogens with zero attached hydrogens (tertiary/aromatic N) is 3. The average molecular weight is 271 g/mol. The first-order valence-corrected chi connectivity index (χ1v) is 5.85. The minimum Gasteiger partial charge on any atom is -0.328 e. The van der Waals surface area contributed by atoms with Gasteiger partial charge in [0.25, 0.3) is 5.91 Å². The zero-order valence-corrected chi connectivity index (χ0v) is 11.0. The number of nitrogens with one attached hydrogen (secondary N) is 1. The van der Waals surface area contributed by atoms with Crippen LogP contribution in [0.5, 0.6) is 0 Å². The monoisotopic (exact) mass is 270 g/mol. The Morgan fingerprint density at radius 2 is 2.35 bits per heavy atom. The number of thiocarbonyl (C=S) groups is 1. The molecule has 1 aliphatic rings. The first-order valence-electron chi connectivity index (χ1n) is 5.06. The fourth-order valence-electron chi connectivity index (χ4n) is 1.43. The predicted octanol–water partition coefficient (Wildman–Crippen LogP) is 1.24. The van der Waals surface area contributed by atoms with Crippen LogP contribution in [0.1, 0.15) is 12.6 Å². The Labute approximate surface area is 109 Å². The van der Waals surface area contributed by atoms with E-state index in [1.54, 1.807) is 24.0 Å². The molecule has 1 saturated heterocycles. The predicted molar refractivity (Wildman–Crippen MR) is 69.4 cm³/mol. The maximum absolute atomic E-state index is 11.7. The molecule has 1 aromatic heterocycles. The highest BCUT2D eigenvalue weighted by Crippen LogP contribution is 2.18. The van der Waals surface area contributed by atoms with Crippen molar-refractivity contribution in [3.8, 4) is 0 Å². The maximum Gasteiger partial charge on any atom is 0.276 e. The number of likely N-dealkylation sites (N-methyl/N-ethyl adjacent to an activating group) is 1. The summed E-state index contributed by atoms with van der Waals surface area (Å²) >= 11 is 11.0. The normalized spacial score (nSPS) is 18.1. The molecule has 17 heavy (non-hydrogen) atoms. The second-order valence-corrected chi connectivity index (χ2v) is 4.36. The summed E-state index contributed by atoms with van der Waals surface area (Å²) in [5.41, 5.74) is 0.947. The molecule has 7 heteroatoms. The van der Waals surface area contributed by atoms with Crippen molar-refractivity contribution < 1.29 is 4.79 Å². The molecule has 2 rings (SSSR count). The van der Waals surface area contributed by atoms with Crippen molar-refractivity contribution in [3.63, 3.8) is 0 Å². The summed E-state index contributed by atoms with van der Waals surface area (Å²) in [4.78, 5) is 13.1. The minimum absolute atomic E-state index is 0.183. The maximum atomic E-state index is 11.7. The smallest absolute Gasteiger partial charge is 0.276 e. The van der Waals surface area contributed by atoms with Crippen LogP contribution in [0.4, 0.5) is 0 Å². The van der Waals surface area contributed by atoms with Gasteiger partial charge in [-0.3, -0.25) is 14.4 Å². The van der Waals surface area contributed by atoms with Crippen LogP contribution in [-0.2, 0) is 11.3 Å². The summed E-state index contributed by atoms with van der Waals surface area (Å²) in [5, 5.41) is 7.94. The SMILES string of the molecule is CCn1cc(Cl)c(/C=C2/NC(=S)N(C)C2=O)n1. The van der Waals surface area contributed by atoms with E-state index in [0.29, 0.717) is 21.5 Å². The molecular weight excluding hydrogens is 260 g/mol. The molecule has 1 fully saturated rings. The van der Waals surface area contributed by atoms with Gasteiger partial charge in [-0.25, -0.2) is 0 Å². The summed E-state index contributed by atoms with van der Waals surface area (Å²) in [5.74, 6) is -0.183. The fraction of sp³-hybridized carbons (Fsp3) is 0.300. The molecule has 0 saturated carbocycles. The number of hydrogen-bond acceptors (Lipinski definition) is 3. The van der Waals surface area contributed by atoms with Gasteiger partial charge < -0.3 is 5.32 Å². The number of aromatic nitrogens is 2. The van der Waals surface area contributed by atoms with Crippen molar-refractivity contribution in [3.05, 3.63) is 22.6 Å². The Bertz CT molecular complexity index is 522. The van der Waals surface area contributed by atoms with Gasteiger partial charge in [0.2, 0.25) is 0 Å². The summed E-state index contributed by atoms with van der Waals surface area (Å²) in [6, 6.07) is 0. The number of rotatable bonds is 2. The highest BCUT2D eigenvalue weighted by atomic mass is 35.5. The van der Waals surface area contributed by atoms with Crippen LogP contribution in [0.15, 0.2) is 11.9 Å². The van der Waals surface area contributed by atoms with Gasteiger partial charge in [0, 0.05) is 19.8 Å². The van der Waals surface area contributed by atoms with Gasteiger partial charge in [0.15, 0.2) is 5.11 Å². The van der Waals surface area contributed by atoms with Gasteiger partial charge in [-0.2, -0.15) is 5.10 Å². The molecule has 0 unspecified atom stereocenters. The lowest BCUT2D eigenvalue weighted by molar-refractivity contribution is -0.121. The Hall–Kier alpha value is -1.40. The zero-order valence-electron chi connectivity index (χ0n) is 9.40. The van der Waals surface area contributed by atoms with Crippen LogP contribution in [0.2, 0.25) is 5.02 Å². The second-order valence-electron chi connectivity index (χ2n) is 3.57. The van der Waals surface area contributed by atoms with Gasteiger partial charge >= 0.3 is 0 Å². The Balaban J connectivity index is 2.33. The number of halogens is 1. The molecule has 1 aromatic rings. The Morgan fingerprint density at radius 3 is 2.82 bits per heavy atom. The molecule has 5 nitrogen and oxygen atoms in total. The molecule has 0 atom stereocenters. The van der Waals surface area contributed by atoms with E-state index < -0.39 is 0 Å². The lowest BCUT2D eigenvalue weighted by Crippen LogP contribution is -2.25. The van der Waals surface area contributed by atoms with Crippen molar-refractivity contribution in [1.29, 1.82) is 0 Å². The van der Waals surface area contributed by atoms with Crippen molar-refractivity contribution in [1.82, 2.24) is 20.0 Å². The standard InChI is InChI=1S/C10H11ClN4OS/c1-3-15-5-6(11)7(13-15)4-8-9(16)14(2)10(17)12-8/h4-5H,3H2,1-2H3,(H,12,17)/b8-4+. The van der Waals surface area contributed by atoms with E-state index >= 15 is 0 Å². The fourth-order valence-corrected chi connectivity index (χ4v) is 1.83. The third-order valence-corrected chi connectivity index (χ3v) is 3.10. The highest BCUT2D eigenvalue weighted by Gasteiger charge is 2.27. The Morgan fingerprint density at radius 1 is 1.65 bits per heavy atom. The van der Waals surface area contributed by atoms with Crippen LogP contribution < -0.4 is 5.32 Å². The summed E-state index contributed by atoms with van der Waals surface area (Å²) in [7, 11) is 1.62. The van der Waals surface area contributed by atoms with Gasteiger partial charge in [0.1, 0.15) is 11.4 Å². The van der Waals surface area contributed by atoms with Crippen molar-refractivity contribution in [2.24, 2.45) is 0 Å². The third kappa shape index (κ3) is 2.18. The van der Waals surface area contributed by atoms with Crippen LogP contribution in [0, 0.1) is 0 Å². The molecule has 2 heterocycles. The minimum atomic E-state index is -0.183. The lowest BCUT2D eigenvalue weighted by Gasteiger charge is -2.02. The molecule has 0 aromatic carbocycles. The van der Waals surface area contributed by atoms with Crippen molar-refractivity contribution in [2.75, 3.05) is 7.05 Å². The first kappa shape index (κ1) is 12.1. The molecule has 1 amide bonds. The number of aryl methyl sites for hydroxylation is 1. The van der Waals surface area contributed by atoms with Crippen LogP contribution in [0.25, 0.3) is 6.08 Å². The largest absolute Gasteiger partial charge is 0.328 e. The van der Waals surface area contributed by atoms with E-state index in [9.17, 15) is 4.79 Å². The van der Waals surface area contributed by atoms with Gasteiger partial charge in [-0.05, 0) is 25.2 Å². The number of amides is 1. The van der Waals surface area contributed by atoms with Crippen LogP contribution in [0.3, 0.4) is 0 Å². The summed E-state index contributed by atoms with van der Waals surface area (Å²) in [6.07, 6.45) is 3.32. The molecule has 0 radical (unpaired) electrons. The topological polar surface area (TPSA) is 50.2 Å². The third-order valence-electron chi connectivity index (χ3n) is 2.43. The number of hydrogen-bond donors (Lipinski definition) is 1. The van der Waals surface area contributed by atoms with E-state index in [1.807, 2.05) is 6.92 Å². The summed E-state index contributed by atoms with van der Waals surface area (Å²) in [6.45, 7) is 2.69. The first-order chi connectivity index (χ1) is 8.02. The second kappa shape index (κ2) is 4.46. The van der Waals surface area contributed by atoms with Crippen molar-refractivity contribution >= 4 is 40.9 Å². The van der Waals surface area contributed by atoms with Crippen LogP contribution in [-0.4, -0.2) is 32.7 Å². The molecule has 0 bridgehead atoms. The van der Waals surface area contributed by atoms with E-state index in [1.165, 1.54) is 4.90 Å². The Kier molecular flexibility index (Phi) is 3.17. The molecule has 90 valence electrons. The van der Waals surface area contributed by atoms with Gasteiger partial charge in [-0.1, -0.05) is 11.6 Å². The van der Waals surface area contributed by atoms with E-state index in [-0.39, 0.29) is 5.91 Å². The van der Waals surface area contributed by atoms with E-state index in [4.69, 9.17) is 23.8 Å². The van der Waals surface area contributed by atoms with E-state index in [0.717, 1.165) is 6.54 Å². The zero-order chi connectivity index (χ0) is 12.6. The summed E-state index contributed by atoms with van der Waals surface area (Å²) < 4.78 is 1.70. The quantitative estimate of drug-likeness (QED) is 0.649. The molecular formula is C10H11ClN4OS. The highest BCUT2D eigenvalue weighted by molar-refractivity contribution is 7.80. The number of carbonyl (C=O) groups excluding carboxylic acids is 1. The van der Waals surface area contributed by atoms with E-state index in [2.05, 4.69) is 10.4 Å².